The topological polar surface area (TPSA) is 62.7 Å². The normalized spacial score (nSPS) is 29.4. The van der Waals surface area contributed by atoms with Gasteiger partial charge in [0.1, 0.15) is 0 Å². The fourth-order valence-electron chi connectivity index (χ4n) is 3.80. The minimum atomic E-state index is -3.11. The third kappa shape index (κ3) is 3.35. The van der Waals surface area contributed by atoms with Crippen molar-refractivity contribution in [2.45, 2.75) is 37.7 Å². The van der Waals surface area contributed by atoms with E-state index in [4.69, 9.17) is 4.74 Å². The van der Waals surface area contributed by atoms with Crippen molar-refractivity contribution in [3.05, 3.63) is 29.6 Å². The lowest BCUT2D eigenvalue weighted by molar-refractivity contribution is 0.0518. The molecular weight excluding hydrogens is 326 g/mol. The summed E-state index contributed by atoms with van der Waals surface area (Å²) in [7, 11) is -3.11. The number of likely N-dealkylation sites (tertiary alicyclic amines) is 1. The number of sulfonamides is 1. The Morgan fingerprint density at radius 3 is 2.83 bits per heavy atom. The van der Waals surface area contributed by atoms with Crippen LogP contribution in [0.5, 0.6) is 0 Å². The molecule has 0 N–H and O–H groups in total. The van der Waals surface area contributed by atoms with Gasteiger partial charge in [0.25, 0.3) is 0 Å². The predicted molar refractivity (Wildman–Crippen MR) is 91.0 cm³/mol. The largest absolute Gasteiger partial charge is 0.375 e. The van der Waals surface area contributed by atoms with E-state index in [0.717, 1.165) is 43.9 Å². The SMILES string of the molecule is Cc1cccc(CN2C[C@@H]3CN(S(=O)(=O)C4CC4)CCO[C@@H]3C2)n1. The summed E-state index contributed by atoms with van der Waals surface area (Å²) in [5.41, 5.74) is 2.09. The molecule has 0 bridgehead atoms. The van der Waals surface area contributed by atoms with Gasteiger partial charge in [-0.15, -0.1) is 0 Å². The lowest BCUT2D eigenvalue weighted by Crippen LogP contribution is -2.39. The first-order valence-electron chi connectivity index (χ1n) is 8.78. The molecule has 0 radical (unpaired) electrons. The summed E-state index contributed by atoms with van der Waals surface area (Å²) in [5, 5.41) is -0.136. The van der Waals surface area contributed by atoms with Gasteiger partial charge in [0.2, 0.25) is 10.0 Å². The maximum absolute atomic E-state index is 12.5. The van der Waals surface area contributed by atoms with Gasteiger partial charge < -0.3 is 4.74 Å². The van der Waals surface area contributed by atoms with Crippen LogP contribution >= 0.6 is 0 Å². The highest BCUT2D eigenvalue weighted by Crippen LogP contribution is 2.33. The van der Waals surface area contributed by atoms with E-state index in [-0.39, 0.29) is 17.3 Å². The van der Waals surface area contributed by atoms with Gasteiger partial charge in [-0.2, -0.15) is 4.31 Å². The average molecular weight is 351 g/mol. The molecule has 0 aromatic carbocycles. The number of rotatable bonds is 4. The first-order chi connectivity index (χ1) is 11.5. The Bertz CT molecular complexity index is 705. The number of hydrogen-bond donors (Lipinski definition) is 0. The maximum atomic E-state index is 12.5. The number of aryl methyl sites for hydroxylation is 1. The molecule has 132 valence electrons. The second-order valence-corrected chi connectivity index (χ2v) is 9.45. The van der Waals surface area contributed by atoms with Crippen LogP contribution in [0.15, 0.2) is 18.2 Å². The number of fused-ring (bicyclic) bond motifs is 1. The summed E-state index contributed by atoms with van der Waals surface area (Å²) < 4.78 is 32.8. The lowest BCUT2D eigenvalue weighted by atomic mass is 10.1. The molecule has 1 aromatic rings. The van der Waals surface area contributed by atoms with E-state index in [0.29, 0.717) is 19.7 Å². The van der Waals surface area contributed by atoms with Crippen LogP contribution < -0.4 is 0 Å². The molecule has 0 amide bonds. The highest BCUT2D eigenvalue weighted by atomic mass is 32.2. The van der Waals surface area contributed by atoms with E-state index in [1.807, 2.05) is 25.1 Å². The molecule has 3 fully saturated rings. The summed E-state index contributed by atoms with van der Waals surface area (Å²) >= 11 is 0. The highest BCUT2D eigenvalue weighted by molar-refractivity contribution is 7.90. The zero-order valence-corrected chi connectivity index (χ0v) is 14.9. The van der Waals surface area contributed by atoms with Gasteiger partial charge in [-0.1, -0.05) is 6.07 Å². The number of pyridine rings is 1. The van der Waals surface area contributed by atoms with E-state index >= 15 is 0 Å². The lowest BCUT2D eigenvalue weighted by Gasteiger charge is -2.23. The Morgan fingerprint density at radius 2 is 2.08 bits per heavy atom. The first-order valence-corrected chi connectivity index (χ1v) is 10.3. The monoisotopic (exact) mass is 351 g/mol. The van der Waals surface area contributed by atoms with Crippen LogP contribution in [0, 0.1) is 12.8 Å². The molecule has 6 nitrogen and oxygen atoms in total. The Kier molecular flexibility index (Phi) is 4.36. The van der Waals surface area contributed by atoms with Crippen molar-refractivity contribution in [3.8, 4) is 0 Å². The maximum Gasteiger partial charge on any atom is 0.217 e. The molecule has 3 heterocycles. The van der Waals surface area contributed by atoms with E-state index in [2.05, 4.69) is 9.88 Å². The zero-order valence-electron chi connectivity index (χ0n) is 14.1. The van der Waals surface area contributed by atoms with Crippen LogP contribution in [-0.4, -0.2) is 66.7 Å². The molecule has 0 spiro atoms. The summed E-state index contributed by atoms with van der Waals surface area (Å²) in [6, 6.07) is 6.08. The van der Waals surface area contributed by atoms with Crippen molar-refractivity contribution < 1.29 is 13.2 Å². The van der Waals surface area contributed by atoms with Crippen molar-refractivity contribution in [2.75, 3.05) is 32.8 Å². The zero-order chi connectivity index (χ0) is 16.7. The molecule has 1 saturated carbocycles. The van der Waals surface area contributed by atoms with E-state index in [1.165, 1.54) is 0 Å². The van der Waals surface area contributed by atoms with Gasteiger partial charge >= 0.3 is 0 Å². The number of ether oxygens (including phenoxy) is 1. The van der Waals surface area contributed by atoms with Crippen LogP contribution in [0.25, 0.3) is 0 Å². The van der Waals surface area contributed by atoms with Crippen LogP contribution in [0.4, 0.5) is 0 Å². The molecule has 2 aliphatic heterocycles. The summed E-state index contributed by atoms with van der Waals surface area (Å²) in [4.78, 5) is 6.91. The molecule has 7 heteroatoms. The highest BCUT2D eigenvalue weighted by Gasteiger charge is 2.44. The standard InChI is InChI=1S/C17H25N3O3S/c1-13-3-2-4-15(18-13)11-19-9-14-10-20(7-8-23-17(14)12-19)24(21,22)16-5-6-16/h2-4,14,16-17H,5-12H2,1H3/t14-,17-/m1/s1. The Morgan fingerprint density at radius 1 is 1.25 bits per heavy atom. The van der Waals surface area contributed by atoms with Gasteiger partial charge in [-0.05, 0) is 31.9 Å². The number of nitrogens with zero attached hydrogens (tertiary/aromatic N) is 3. The molecule has 1 aliphatic carbocycles. The summed E-state index contributed by atoms with van der Waals surface area (Å²) in [6.45, 7) is 6.14. The molecule has 1 aromatic heterocycles. The van der Waals surface area contributed by atoms with E-state index < -0.39 is 10.0 Å². The average Bonchev–Trinajstić information content (AvgIpc) is 3.34. The van der Waals surface area contributed by atoms with Gasteiger partial charge in [-0.25, -0.2) is 8.42 Å². The van der Waals surface area contributed by atoms with Crippen molar-refractivity contribution >= 4 is 10.0 Å². The van der Waals surface area contributed by atoms with Crippen molar-refractivity contribution in [1.82, 2.24) is 14.2 Å². The molecule has 4 rings (SSSR count). The molecule has 3 aliphatic rings. The predicted octanol–water partition coefficient (Wildman–Crippen LogP) is 1.01. The van der Waals surface area contributed by atoms with Crippen molar-refractivity contribution in [2.24, 2.45) is 5.92 Å². The first kappa shape index (κ1) is 16.4. The second kappa shape index (κ2) is 6.37. The van der Waals surface area contributed by atoms with Gasteiger partial charge in [-0.3, -0.25) is 9.88 Å². The fourth-order valence-corrected chi connectivity index (χ4v) is 5.69. The van der Waals surface area contributed by atoms with E-state index in [9.17, 15) is 8.42 Å². The van der Waals surface area contributed by atoms with Crippen LogP contribution in [0.1, 0.15) is 24.2 Å². The summed E-state index contributed by atoms with van der Waals surface area (Å²) in [5.74, 6) is 0.255. The second-order valence-electron chi connectivity index (χ2n) is 7.24. The van der Waals surface area contributed by atoms with Crippen molar-refractivity contribution in [3.63, 3.8) is 0 Å². The molecule has 24 heavy (non-hydrogen) atoms. The summed E-state index contributed by atoms with van der Waals surface area (Å²) in [6.07, 6.45) is 1.77. The number of aromatic nitrogens is 1. The third-order valence-corrected chi connectivity index (χ3v) is 7.57. The molecule has 2 atom stereocenters. The van der Waals surface area contributed by atoms with Gasteiger partial charge in [0.05, 0.1) is 23.7 Å². The minimum absolute atomic E-state index is 0.134. The molecule has 2 saturated heterocycles. The van der Waals surface area contributed by atoms with Crippen LogP contribution in [0.2, 0.25) is 0 Å². The number of hydrogen-bond acceptors (Lipinski definition) is 5. The Labute approximate surface area is 143 Å². The fraction of sp³-hybridized carbons (Fsp3) is 0.706. The van der Waals surface area contributed by atoms with Gasteiger partial charge in [0.15, 0.2) is 0 Å². The third-order valence-electron chi connectivity index (χ3n) is 5.20. The quantitative estimate of drug-likeness (QED) is 0.810. The van der Waals surface area contributed by atoms with Crippen molar-refractivity contribution in [1.29, 1.82) is 0 Å². The smallest absolute Gasteiger partial charge is 0.217 e. The van der Waals surface area contributed by atoms with E-state index in [1.54, 1.807) is 4.31 Å². The Balaban J connectivity index is 1.42. The van der Waals surface area contributed by atoms with Crippen LogP contribution in [0.3, 0.4) is 0 Å². The minimum Gasteiger partial charge on any atom is -0.375 e. The van der Waals surface area contributed by atoms with Crippen LogP contribution in [-0.2, 0) is 21.3 Å². The Hall–Kier alpha value is -1.02. The molecular formula is C17H25N3O3S. The van der Waals surface area contributed by atoms with Gasteiger partial charge in [0, 0.05) is 44.3 Å². The molecule has 0 unspecified atom stereocenters.